The molecule has 0 saturated carbocycles. The van der Waals surface area contributed by atoms with Crippen LogP contribution in [0.5, 0.6) is 5.75 Å². The molecule has 38 heavy (non-hydrogen) atoms. The Morgan fingerprint density at radius 2 is 1.32 bits per heavy atom. The molecule has 0 radical (unpaired) electrons. The summed E-state index contributed by atoms with van der Waals surface area (Å²) in [6.45, 7) is 8.27. The molecular formula is C35H42O3. The van der Waals surface area contributed by atoms with Crippen LogP contribution >= 0.6 is 0 Å². The first kappa shape index (κ1) is 29.1. The van der Waals surface area contributed by atoms with Gasteiger partial charge < -0.3 is 9.47 Å². The normalized spacial score (nSPS) is 11.1. The first-order valence-corrected chi connectivity index (χ1v) is 13.9. The van der Waals surface area contributed by atoms with Crippen molar-refractivity contribution in [3.05, 3.63) is 114 Å². The molecule has 200 valence electrons. The lowest BCUT2D eigenvalue weighted by Crippen LogP contribution is -1.97. The Hall–Kier alpha value is -3.43. The summed E-state index contributed by atoms with van der Waals surface area (Å²) < 4.78 is 11.7. The van der Waals surface area contributed by atoms with E-state index in [9.17, 15) is 4.79 Å². The van der Waals surface area contributed by atoms with Crippen LogP contribution in [0.25, 0.3) is 11.6 Å². The Kier molecular flexibility index (Phi) is 13.1. The monoisotopic (exact) mass is 510 g/mol. The number of carbonyl (C=O) groups is 1. The number of ether oxygens (including phenoxy) is 2. The second kappa shape index (κ2) is 17.1. The number of ketones is 1. The quantitative estimate of drug-likeness (QED) is 0.0971. The van der Waals surface area contributed by atoms with Crippen molar-refractivity contribution in [2.45, 2.75) is 64.9 Å². The molecule has 3 rings (SSSR count). The number of hydrogen-bond donors (Lipinski definition) is 0. The number of allylic oxidation sites excluding steroid dienone is 2. The lowest BCUT2D eigenvalue weighted by molar-refractivity contribution is 0.104. The van der Waals surface area contributed by atoms with Gasteiger partial charge in [-0.05, 0) is 54.7 Å². The van der Waals surface area contributed by atoms with Crippen molar-refractivity contribution in [1.82, 2.24) is 0 Å². The van der Waals surface area contributed by atoms with Crippen molar-refractivity contribution < 1.29 is 14.3 Å². The maximum atomic E-state index is 12.2. The van der Waals surface area contributed by atoms with Crippen molar-refractivity contribution in [2.75, 3.05) is 13.2 Å². The van der Waals surface area contributed by atoms with Crippen LogP contribution < -0.4 is 4.74 Å². The van der Waals surface area contributed by atoms with Crippen molar-refractivity contribution in [3.8, 4) is 5.75 Å². The van der Waals surface area contributed by atoms with Gasteiger partial charge in [0.25, 0.3) is 0 Å². The molecular weight excluding hydrogens is 468 g/mol. The van der Waals surface area contributed by atoms with E-state index in [0.717, 1.165) is 42.9 Å². The van der Waals surface area contributed by atoms with Gasteiger partial charge in [0.05, 0.1) is 13.2 Å². The van der Waals surface area contributed by atoms with Crippen LogP contribution in [0.3, 0.4) is 0 Å². The van der Waals surface area contributed by atoms with E-state index in [0.29, 0.717) is 12.2 Å². The van der Waals surface area contributed by atoms with Crippen molar-refractivity contribution in [1.29, 1.82) is 0 Å². The molecule has 0 N–H and O–H groups in total. The molecule has 0 unspecified atom stereocenters. The topological polar surface area (TPSA) is 35.5 Å². The van der Waals surface area contributed by atoms with Crippen LogP contribution in [0.15, 0.2) is 91.5 Å². The summed E-state index contributed by atoms with van der Waals surface area (Å²) in [6.07, 6.45) is 13.2. The molecule has 3 heteroatoms. The maximum Gasteiger partial charge on any atom is 0.185 e. The molecule has 0 aliphatic rings. The highest BCUT2D eigenvalue weighted by atomic mass is 16.5. The lowest BCUT2D eigenvalue weighted by Gasteiger charge is -2.07. The summed E-state index contributed by atoms with van der Waals surface area (Å²) in [5.41, 5.74) is 5.19. The van der Waals surface area contributed by atoms with Gasteiger partial charge in [0.15, 0.2) is 5.78 Å². The summed E-state index contributed by atoms with van der Waals surface area (Å²) >= 11 is 0. The lowest BCUT2D eigenvalue weighted by atomic mass is 10.1. The van der Waals surface area contributed by atoms with E-state index < -0.39 is 0 Å². The van der Waals surface area contributed by atoms with E-state index in [1.807, 2.05) is 67.6 Å². The van der Waals surface area contributed by atoms with E-state index in [4.69, 9.17) is 9.47 Å². The van der Waals surface area contributed by atoms with Crippen LogP contribution in [0.2, 0.25) is 0 Å². The molecule has 0 fully saturated rings. The van der Waals surface area contributed by atoms with Crippen LogP contribution in [0.4, 0.5) is 0 Å². The summed E-state index contributed by atoms with van der Waals surface area (Å²) in [4.78, 5) is 12.2. The van der Waals surface area contributed by atoms with Gasteiger partial charge >= 0.3 is 0 Å². The standard InChI is InChI=1S/C35H42O3/c1-29(2)32-21-16-31(17-22-32)28-37-26-12-7-5-3-4-6-8-13-27-38-34-23-18-30(19-24-34)20-25-35(36)33-14-10-9-11-15-33/h9-11,14-25H,1,3-8,12-13,26-28H2,2H3. The van der Waals surface area contributed by atoms with E-state index in [-0.39, 0.29) is 5.78 Å². The molecule has 0 heterocycles. The summed E-state index contributed by atoms with van der Waals surface area (Å²) in [5.74, 6) is 0.888. The largest absolute Gasteiger partial charge is 0.494 e. The zero-order valence-corrected chi connectivity index (χ0v) is 22.9. The van der Waals surface area contributed by atoms with Gasteiger partial charge in [-0.3, -0.25) is 4.79 Å². The molecule has 0 aromatic heterocycles. The third-order valence-electron chi connectivity index (χ3n) is 6.53. The molecule has 3 aromatic carbocycles. The van der Waals surface area contributed by atoms with Gasteiger partial charge in [-0.2, -0.15) is 0 Å². The first-order valence-electron chi connectivity index (χ1n) is 13.9. The number of hydrogen-bond acceptors (Lipinski definition) is 3. The minimum Gasteiger partial charge on any atom is -0.494 e. The molecule has 0 bridgehead atoms. The molecule has 0 atom stereocenters. The molecule has 0 spiro atoms. The van der Waals surface area contributed by atoms with Gasteiger partial charge in [0.1, 0.15) is 5.75 Å². The van der Waals surface area contributed by atoms with Crippen LogP contribution in [-0.4, -0.2) is 19.0 Å². The highest BCUT2D eigenvalue weighted by Crippen LogP contribution is 2.16. The predicted molar refractivity (Wildman–Crippen MR) is 159 cm³/mol. The fraction of sp³-hybridized carbons (Fsp3) is 0.343. The third kappa shape index (κ3) is 11.3. The molecule has 0 aliphatic heterocycles. The molecule has 0 amide bonds. The summed E-state index contributed by atoms with van der Waals surface area (Å²) in [5, 5.41) is 0. The fourth-order valence-corrected chi connectivity index (χ4v) is 4.18. The van der Waals surface area contributed by atoms with Crippen molar-refractivity contribution in [3.63, 3.8) is 0 Å². The second-order valence-corrected chi connectivity index (χ2v) is 9.84. The smallest absolute Gasteiger partial charge is 0.185 e. The highest BCUT2D eigenvalue weighted by molar-refractivity contribution is 6.06. The van der Waals surface area contributed by atoms with Gasteiger partial charge in [0, 0.05) is 12.2 Å². The second-order valence-electron chi connectivity index (χ2n) is 9.84. The minimum atomic E-state index is 0.0109. The van der Waals surface area contributed by atoms with Crippen molar-refractivity contribution in [2.24, 2.45) is 0 Å². The highest BCUT2D eigenvalue weighted by Gasteiger charge is 2.01. The molecule has 0 saturated heterocycles. The number of carbonyl (C=O) groups excluding carboxylic acids is 1. The Morgan fingerprint density at radius 3 is 1.95 bits per heavy atom. The van der Waals surface area contributed by atoms with E-state index in [1.165, 1.54) is 49.7 Å². The average molecular weight is 511 g/mol. The summed E-state index contributed by atoms with van der Waals surface area (Å²) in [7, 11) is 0. The van der Waals surface area contributed by atoms with Gasteiger partial charge in [-0.1, -0.05) is 123 Å². The Morgan fingerprint density at radius 1 is 0.711 bits per heavy atom. The van der Waals surface area contributed by atoms with E-state index >= 15 is 0 Å². The number of unbranched alkanes of at least 4 members (excludes halogenated alkanes) is 7. The zero-order valence-electron chi connectivity index (χ0n) is 22.9. The van der Waals surface area contributed by atoms with E-state index in [1.54, 1.807) is 6.08 Å². The van der Waals surface area contributed by atoms with E-state index in [2.05, 4.69) is 30.8 Å². The van der Waals surface area contributed by atoms with Crippen LogP contribution in [-0.2, 0) is 11.3 Å². The molecule has 3 aromatic rings. The van der Waals surface area contributed by atoms with Crippen LogP contribution in [0.1, 0.15) is 85.3 Å². The zero-order chi connectivity index (χ0) is 26.8. The van der Waals surface area contributed by atoms with Gasteiger partial charge in [-0.15, -0.1) is 0 Å². The fourth-order valence-electron chi connectivity index (χ4n) is 4.18. The van der Waals surface area contributed by atoms with Gasteiger partial charge in [0.2, 0.25) is 0 Å². The number of benzene rings is 3. The Labute approximate surface area is 229 Å². The molecule has 0 aliphatic carbocycles. The third-order valence-corrected chi connectivity index (χ3v) is 6.53. The first-order chi connectivity index (χ1) is 18.6. The average Bonchev–Trinajstić information content (AvgIpc) is 2.95. The minimum absolute atomic E-state index is 0.0109. The molecule has 3 nitrogen and oxygen atoms in total. The number of rotatable bonds is 18. The SMILES string of the molecule is C=C(C)c1ccc(COCCCCCCCCCCOc2ccc(C=CC(=O)c3ccccc3)cc2)cc1. The van der Waals surface area contributed by atoms with Crippen molar-refractivity contribution >= 4 is 17.4 Å². The van der Waals surface area contributed by atoms with Crippen LogP contribution in [0, 0.1) is 0 Å². The maximum absolute atomic E-state index is 12.2. The van der Waals surface area contributed by atoms with Gasteiger partial charge in [-0.25, -0.2) is 0 Å². The summed E-state index contributed by atoms with van der Waals surface area (Å²) in [6, 6.07) is 25.7. The Bertz CT molecular complexity index is 1110. The Balaban J connectivity index is 1.14. The predicted octanol–water partition coefficient (Wildman–Crippen LogP) is 9.33.